The van der Waals surface area contributed by atoms with E-state index in [-0.39, 0.29) is 36.0 Å². The Kier molecular flexibility index (Phi) is 7.67. The van der Waals surface area contributed by atoms with Crippen LogP contribution in [0.4, 0.5) is 0 Å². The molecule has 9 nitrogen and oxygen atoms in total. The van der Waals surface area contributed by atoms with Crippen molar-refractivity contribution in [3.8, 4) is 0 Å². The molecular formula is C36H42N4O5. The predicted octanol–water partition coefficient (Wildman–Crippen LogP) is 2.61. The molecule has 0 radical (unpaired) electrons. The molecule has 8 bridgehead atoms. The summed E-state index contributed by atoms with van der Waals surface area (Å²) in [7, 11) is 2.73. The molecule has 0 saturated carbocycles. The van der Waals surface area contributed by atoms with Crippen LogP contribution in [-0.2, 0) is 25.5 Å². The van der Waals surface area contributed by atoms with E-state index in [1.165, 1.54) is 25.3 Å². The molecule has 0 aromatic carbocycles. The molecule has 1 unspecified atom stereocenters. The van der Waals surface area contributed by atoms with E-state index < -0.39 is 11.9 Å². The Morgan fingerprint density at radius 3 is 2.33 bits per heavy atom. The van der Waals surface area contributed by atoms with E-state index in [2.05, 4.69) is 72.8 Å². The molecule has 5 heterocycles. The highest BCUT2D eigenvalue weighted by Crippen LogP contribution is 2.42. The number of carbonyl (C=O) groups is 2. The summed E-state index contributed by atoms with van der Waals surface area (Å²) in [6.07, 6.45) is 9.83. The number of fused-ring (bicyclic) bond motifs is 8. The van der Waals surface area contributed by atoms with Gasteiger partial charge in [0.1, 0.15) is 11.7 Å². The third kappa shape index (κ3) is 4.67. The summed E-state index contributed by atoms with van der Waals surface area (Å²) < 4.78 is 10.2. The molecule has 0 spiro atoms. The van der Waals surface area contributed by atoms with Crippen molar-refractivity contribution in [2.24, 2.45) is 17.8 Å². The Balaban J connectivity index is 1.71. The van der Waals surface area contributed by atoms with Crippen LogP contribution < -0.4 is 26.6 Å². The molecule has 1 aliphatic carbocycles. The van der Waals surface area contributed by atoms with E-state index in [1.54, 1.807) is 0 Å². The first-order valence-electron chi connectivity index (χ1n) is 15.6. The van der Waals surface area contributed by atoms with Gasteiger partial charge in [0.15, 0.2) is 0 Å². The Bertz CT molecular complexity index is 2040. The lowest BCUT2D eigenvalue weighted by Crippen LogP contribution is -2.38. The zero-order valence-electron chi connectivity index (χ0n) is 27.0. The van der Waals surface area contributed by atoms with Crippen LogP contribution in [0.5, 0.6) is 0 Å². The molecule has 2 aliphatic heterocycles. The number of hydrogen-bond acceptors (Lipinski definition) is 6. The van der Waals surface area contributed by atoms with E-state index in [9.17, 15) is 14.7 Å². The SMILES string of the molecule is C=Cc1c2[nH]c(c1C)/C=C1\NC(C3=c4[nH]c(c(C)c4=C(O)[C@@H]3C(=O)OC)/C=c3\[nH]c(c(C)c3CC)=C2)[C@@H](CCC(=O)OC)[C@@H]1C. The Morgan fingerprint density at radius 1 is 0.956 bits per heavy atom. The molecule has 9 heteroatoms. The van der Waals surface area contributed by atoms with Gasteiger partial charge in [-0.3, -0.25) is 9.59 Å². The number of aliphatic hydroxyl groups is 1. The molecule has 3 aromatic heterocycles. The minimum Gasteiger partial charge on any atom is -0.510 e. The topological polar surface area (TPSA) is 132 Å². The summed E-state index contributed by atoms with van der Waals surface area (Å²) in [5.74, 6) is -1.89. The summed E-state index contributed by atoms with van der Waals surface area (Å²) in [5.41, 5.74) is 9.77. The average molecular weight is 611 g/mol. The van der Waals surface area contributed by atoms with Gasteiger partial charge in [-0.2, -0.15) is 0 Å². The van der Waals surface area contributed by atoms with Gasteiger partial charge in [0.2, 0.25) is 0 Å². The molecule has 3 aromatic rings. The molecule has 1 fully saturated rings. The second-order valence-corrected chi connectivity index (χ2v) is 12.4. The molecule has 0 amide bonds. The van der Waals surface area contributed by atoms with Gasteiger partial charge < -0.3 is 34.8 Å². The fraction of sp³-hybridized carbons (Fsp3) is 0.389. The smallest absolute Gasteiger partial charge is 0.320 e. The minimum atomic E-state index is -0.973. The largest absolute Gasteiger partial charge is 0.510 e. The van der Waals surface area contributed by atoms with Crippen LogP contribution in [0.1, 0.15) is 71.6 Å². The van der Waals surface area contributed by atoms with Crippen LogP contribution in [0.25, 0.3) is 35.6 Å². The maximum absolute atomic E-state index is 13.3. The van der Waals surface area contributed by atoms with Crippen molar-refractivity contribution in [3.05, 3.63) is 78.4 Å². The van der Waals surface area contributed by atoms with Gasteiger partial charge in [0.25, 0.3) is 0 Å². The first-order chi connectivity index (χ1) is 21.5. The third-order valence-electron chi connectivity index (χ3n) is 10.2. The number of aromatic amines is 3. The molecule has 4 atom stereocenters. The van der Waals surface area contributed by atoms with Gasteiger partial charge in [-0.25, -0.2) is 0 Å². The number of aliphatic hydroxyl groups excluding tert-OH is 1. The summed E-state index contributed by atoms with van der Waals surface area (Å²) in [6, 6.07) is -0.368. The number of aromatic nitrogens is 3. The van der Waals surface area contributed by atoms with Gasteiger partial charge in [-0.05, 0) is 85.6 Å². The van der Waals surface area contributed by atoms with Gasteiger partial charge >= 0.3 is 11.9 Å². The molecule has 3 aliphatic rings. The monoisotopic (exact) mass is 610 g/mol. The molecular weight excluding hydrogens is 568 g/mol. The van der Waals surface area contributed by atoms with Crippen molar-refractivity contribution in [2.75, 3.05) is 14.2 Å². The Morgan fingerprint density at radius 2 is 1.67 bits per heavy atom. The number of allylic oxidation sites excluding steroid dienone is 1. The maximum atomic E-state index is 13.3. The van der Waals surface area contributed by atoms with Gasteiger partial charge in [0.05, 0.1) is 25.6 Å². The minimum absolute atomic E-state index is 0.00312. The van der Waals surface area contributed by atoms with Crippen LogP contribution in [0.2, 0.25) is 0 Å². The van der Waals surface area contributed by atoms with E-state index in [0.29, 0.717) is 17.0 Å². The first kappa shape index (κ1) is 30.4. The second-order valence-electron chi connectivity index (χ2n) is 12.4. The fourth-order valence-corrected chi connectivity index (χ4v) is 7.66. The number of esters is 2. The van der Waals surface area contributed by atoms with Crippen LogP contribution >= 0.6 is 0 Å². The number of H-pyrrole nitrogens is 3. The van der Waals surface area contributed by atoms with Crippen molar-refractivity contribution in [3.63, 3.8) is 0 Å². The molecule has 6 rings (SSSR count). The number of hydrogen-bond donors (Lipinski definition) is 5. The van der Waals surface area contributed by atoms with E-state index in [0.717, 1.165) is 62.2 Å². The first-order valence-corrected chi connectivity index (χ1v) is 15.6. The second kappa shape index (κ2) is 11.4. The predicted molar refractivity (Wildman–Crippen MR) is 175 cm³/mol. The maximum Gasteiger partial charge on any atom is 0.320 e. The standard InChI is InChI=1S/C36H42N4O5/c1-9-20-16(3)23-13-25-18(5)22(11-12-29(41)44-7)33(39-25)31-32(36(43)45-8)35(42)30-19(6)26(40-34(30)31)15-28-21(10-2)17(4)24(38-28)14-27(20)37-23/h9,13-15,18,22,32-33,37-40,42H,1,10-12H2,2-8H3/b24-14?,25-13-,28-15-/t18-,22-,32+,33?/m0/s1. The summed E-state index contributed by atoms with van der Waals surface area (Å²) in [4.78, 5) is 36.6. The number of ether oxygens (including phenoxy) is 2. The van der Waals surface area contributed by atoms with Crippen LogP contribution in [0, 0.1) is 38.5 Å². The van der Waals surface area contributed by atoms with E-state index in [4.69, 9.17) is 9.47 Å². The van der Waals surface area contributed by atoms with Crippen LogP contribution in [0.15, 0.2) is 12.3 Å². The highest BCUT2D eigenvalue weighted by Gasteiger charge is 2.46. The van der Waals surface area contributed by atoms with Crippen molar-refractivity contribution in [2.45, 2.75) is 59.9 Å². The lowest BCUT2D eigenvalue weighted by Gasteiger charge is -2.26. The van der Waals surface area contributed by atoms with Gasteiger partial charge in [-0.15, -0.1) is 0 Å². The highest BCUT2D eigenvalue weighted by atomic mass is 16.5. The van der Waals surface area contributed by atoms with Crippen molar-refractivity contribution in [1.29, 1.82) is 0 Å². The number of rotatable bonds is 6. The lowest BCUT2D eigenvalue weighted by atomic mass is 9.80. The summed E-state index contributed by atoms with van der Waals surface area (Å²) >= 11 is 0. The molecule has 45 heavy (non-hydrogen) atoms. The van der Waals surface area contributed by atoms with Gasteiger partial charge in [0, 0.05) is 56.6 Å². The number of carbonyl (C=O) groups excluding carboxylic acids is 2. The van der Waals surface area contributed by atoms with E-state index in [1.807, 2.05) is 13.0 Å². The third-order valence-corrected chi connectivity index (χ3v) is 10.2. The highest BCUT2D eigenvalue weighted by molar-refractivity contribution is 5.95. The van der Waals surface area contributed by atoms with Crippen LogP contribution in [0.3, 0.4) is 0 Å². The zero-order chi connectivity index (χ0) is 32.3. The van der Waals surface area contributed by atoms with Crippen molar-refractivity contribution >= 4 is 47.6 Å². The molecule has 1 saturated heterocycles. The zero-order valence-corrected chi connectivity index (χ0v) is 27.0. The Hall–Kier alpha value is -4.66. The van der Waals surface area contributed by atoms with Crippen molar-refractivity contribution in [1.82, 2.24) is 20.3 Å². The normalized spacial score (nSPS) is 23.4. The average Bonchev–Trinajstić information content (AvgIpc) is 3.76. The lowest BCUT2D eigenvalue weighted by molar-refractivity contribution is -0.142. The number of nitrogens with one attached hydrogen (secondary N) is 4. The van der Waals surface area contributed by atoms with Crippen LogP contribution in [-0.4, -0.2) is 52.3 Å². The quantitative estimate of drug-likeness (QED) is 0.273. The van der Waals surface area contributed by atoms with E-state index >= 15 is 0 Å². The Labute approximate surface area is 262 Å². The summed E-state index contributed by atoms with van der Waals surface area (Å²) in [6.45, 7) is 14.6. The number of methoxy groups -OCH3 is 2. The summed E-state index contributed by atoms with van der Waals surface area (Å²) in [5, 5.41) is 18.8. The van der Waals surface area contributed by atoms with Gasteiger partial charge in [-0.1, -0.05) is 26.5 Å². The molecule has 236 valence electrons. The molecule has 5 N–H and O–H groups in total. The van der Waals surface area contributed by atoms with Crippen molar-refractivity contribution < 1.29 is 24.2 Å². The fourth-order valence-electron chi connectivity index (χ4n) is 7.66.